The minimum Gasteiger partial charge on any atom is -0.316 e. The van der Waals surface area contributed by atoms with E-state index in [-0.39, 0.29) is 5.69 Å². The van der Waals surface area contributed by atoms with Crippen molar-refractivity contribution in [3.05, 3.63) is 78.4 Å². The van der Waals surface area contributed by atoms with Crippen LogP contribution in [0.3, 0.4) is 0 Å². The van der Waals surface area contributed by atoms with Crippen LogP contribution >= 0.6 is 11.9 Å². The fourth-order valence-corrected chi connectivity index (χ4v) is 3.74. The lowest BCUT2D eigenvalue weighted by Gasteiger charge is -2.09. The highest BCUT2D eigenvalue weighted by Crippen LogP contribution is 2.36. The molecule has 0 aliphatic carbocycles. The molecule has 0 aliphatic heterocycles. The van der Waals surface area contributed by atoms with Crippen LogP contribution in [0.25, 0.3) is 27.8 Å². The molecule has 2 heterocycles. The van der Waals surface area contributed by atoms with Crippen molar-refractivity contribution in [3.8, 4) is 16.9 Å². The van der Waals surface area contributed by atoms with Gasteiger partial charge in [-0.25, -0.2) is 4.39 Å². The van der Waals surface area contributed by atoms with Crippen LogP contribution in [0.4, 0.5) is 17.6 Å². The van der Waals surface area contributed by atoms with Crippen LogP contribution < -0.4 is 4.72 Å². The Kier molecular flexibility index (Phi) is 5.06. The number of aromatic nitrogens is 2. The molecule has 0 saturated heterocycles. The lowest BCUT2D eigenvalue weighted by atomic mass is 10.1. The first kappa shape index (κ1) is 19.5. The second-order valence-corrected chi connectivity index (χ2v) is 7.36. The molecule has 0 amide bonds. The third-order valence-corrected chi connectivity index (χ3v) is 5.18. The van der Waals surface area contributed by atoms with Crippen LogP contribution in [-0.2, 0) is 6.18 Å². The van der Waals surface area contributed by atoms with E-state index in [1.54, 1.807) is 17.8 Å². The maximum absolute atomic E-state index is 14.4. The van der Waals surface area contributed by atoms with Crippen molar-refractivity contribution in [3.63, 3.8) is 0 Å². The standard InChI is InChI=1S/C21H15F4N3S/c1-26-29-15-8-9-19-16(11-15)17(20-18(22)3-2-10-27-20)12-28(19)14-6-4-13(5-7-14)21(23,24)25/h2-12,26H,1H3. The van der Waals surface area contributed by atoms with E-state index in [0.717, 1.165) is 27.9 Å². The minimum atomic E-state index is -4.40. The topological polar surface area (TPSA) is 29.9 Å². The second kappa shape index (κ2) is 7.53. The zero-order chi connectivity index (χ0) is 20.6. The lowest BCUT2D eigenvalue weighted by Crippen LogP contribution is -2.04. The van der Waals surface area contributed by atoms with Crippen molar-refractivity contribution in [2.24, 2.45) is 0 Å². The molecule has 0 spiro atoms. The monoisotopic (exact) mass is 417 g/mol. The van der Waals surface area contributed by atoms with Crippen molar-refractivity contribution >= 4 is 22.9 Å². The normalized spacial score (nSPS) is 11.9. The highest BCUT2D eigenvalue weighted by molar-refractivity contribution is 7.97. The van der Waals surface area contributed by atoms with Gasteiger partial charge in [-0.1, -0.05) is 0 Å². The van der Waals surface area contributed by atoms with Crippen LogP contribution in [0, 0.1) is 5.82 Å². The van der Waals surface area contributed by atoms with E-state index in [4.69, 9.17) is 0 Å². The Labute approximate surface area is 168 Å². The molecule has 3 nitrogen and oxygen atoms in total. The summed E-state index contributed by atoms with van der Waals surface area (Å²) >= 11 is 1.41. The summed E-state index contributed by atoms with van der Waals surface area (Å²) in [6.45, 7) is 0. The summed E-state index contributed by atoms with van der Waals surface area (Å²) in [4.78, 5) is 5.09. The number of benzene rings is 2. The summed E-state index contributed by atoms with van der Waals surface area (Å²) in [6.07, 6.45) is -1.20. The molecule has 0 atom stereocenters. The van der Waals surface area contributed by atoms with Crippen LogP contribution in [-0.4, -0.2) is 16.6 Å². The lowest BCUT2D eigenvalue weighted by molar-refractivity contribution is -0.137. The average Bonchev–Trinajstić information content (AvgIpc) is 3.07. The molecule has 0 radical (unpaired) electrons. The Morgan fingerprint density at radius 1 is 1.03 bits per heavy atom. The Morgan fingerprint density at radius 2 is 1.79 bits per heavy atom. The number of rotatable bonds is 4. The largest absolute Gasteiger partial charge is 0.416 e. The van der Waals surface area contributed by atoms with E-state index in [9.17, 15) is 17.6 Å². The molecule has 0 aliphatic rings. The third-order valence-electron chi connectivity index (χ3n) is 4.48. The summed E-state index contributed by atoms with van der Waals surface area (Å²) in [5.74, 6) is -0.467. The van der Waals surface area contributed by atoms with Gasteiger partial charge in [0.25, 0.3) is 0 Å². The van der Waals surface area contributed by atoms with Crippen LogP contribution in [0.15, 0.2) is 71.9 Å². The van der Waals surface area contributed by atoms with Crippen molar-refractivity contribution in [2.75, 3.05) is 7.05 Å². The molecule has 2 aromatic carbocycles. The molecule has 1 N–H and O–H groups in total. The van der Waals surface area contributed by atoms with Crippen molar-refractivity contribution in [1.82, 2.24) is 14.3 Å². The first-order valence-electron chi connectivity index (χ1n) is 8.65. The molecule has 2 aromatic heterocycles. The van der Waals surface area contributed by atoms with Gasteiger partial charge in [-0.05, 0) is 73.6 Å². The first-order chi connectivity index (χ1) is 13.9. The van der Waals surface area contributed by atoms with E-state index in [1.807, 2.05) is 18.2 Å². The first-order valence-corrected chi connectivity index (χ1v) is 9.47. The van der Waals surface area contributed by atoms with Crippen molar-refractivity contribution < 1.29 is 17.6 Å². The SMILES string of the molecule is CNSc1ccc2c(c1)c(-c1ncccc1F)cn2-c1ccc(C(F)(F)F)cc1. The summed E-state index contributed by atoms with van der Waals surface area (Å²) in [7, 11) is 1.79. The maximum Gasteiger partial charge on any atom is 0.416 e. The van der Waals surface area contributed by atoms with E-state index in [1.165, 1.54) is 42.4 Å². The van der Waals surface area contributed by atoms with Gasteiger partial charge in [-0.15, -0.1) is 0 Å². The van der Waals surface area contributed by atoms with Crippen LogP contribution in [0.5, 0.6) is 0 Å². The predicted molar refractivity (Wildman–Crippen MR) is 106 cm³/mol. The molecule has 8 heteroatoms. The molecular formula is C21H15F4N3S. The number of alkyl halides is 3. The Balaban J connectivity index is 1.92. The molecule has 148 valence electrons. The molecule has 4 rings (SSSR count). The third kappa shape index (κ3) is 3.73. The average molecular weight is 417 g/mol. The van der Waals surface area contributed by atoms with Gasteiger partial charge in [-0.2, -0.15) is 13.2 Å². The Hall–Kier alpha value is -2.84. The van der Waals surface area contributed by atoms with Crippen molar-refractivity contribution in [1.29, 1.82) is 0 Å². The van der Waals surface area contributed by atoms with Gasteiger partial charge in [0.1, 0.15) is 11.5 Å². The molecule has 4 aromatic rings. The second-order valence-electron chi connectivity index (χ2n) is 6.28. The van der Waals surface area contributed by atoms with E-state index in [2.05, 4.69) is 9.71 Å². The van der Waals surface area contributed by atoms with Crippen LogP contribution in [0.2, 0.25) is 0 Å². The highest BCUT2D eigenvalue weighted by atomic mass is 32.2. The summed E-state index contributed by atoms with van der Waals surface area (Å²) in [5.41, 5.74) is 1.32. The maximum atomic E-state index is 14.4. The minimum absolute atomic E-state index is 0.190. The molecule has 0 unspecified atom stereocenters. The fraction of sp³-hybridized carbons (Fsp3) is 0.0952. The number of nitrogens with one attached hydrogen (secondary N) is 1. The molecule has 0 saturated carbocycles. The molecular weight excluding hydrogens is 402 g/mol. The number of hydrogen-bond acceptors (Lipinski definition) is 3. The van der Waals surface area contributed by atoms with E-state index >= 15 is 0 Å². The quantitative estimate of drug-likeness (QED) is 0.323. The summed E-state index contributed by atoms with van der Waals surface area (Å²) in [6, 6.07) is 13.4. The number of pyridine rings is 1. The molecule has 29 heavy (non-hydrogen) atoms. The number of hydrogen-bond donors (Lipinski definition) is 1. The van der Waals surface area contributed by atoms with Gasteiger partial charge in [0.05, 0.1) is 11.1 Å². The van der Waals surface area contributed by atoms with E-state index in [0.29, 0.717) is 11.3 Å². The van der Waals surface area contributed by atoms with Crippen molar-refractivity contribution in [2.45, 2.75) is 11.1 Å². The summed E-state index contributed by atoms with van der Waals surface area (Å²) < 4.78 is 57.9. The zero-order valence-corrected chi connectivity index (χ0v) is 16.0. The zero-order valence-electron chi connectivity index (χ0n) is 15.2. The molecule has 0 fully saturated rings. The smallest absolute Gasteiger partial charge is 0.316 e. The molecule has 0 bridgehead atoms. The van der Waals surface area contributed by atoms with Gasteiger partial charge < -0.3 is 4.57 Å². The van der Waals surface area contributed by atoms with Crippen LogP contribution in [0.1, 0.15) is 5.56 Å². The number of fused-ring (bicyclic) bond motifs is 1. The Bertz CT molecular complexity index is 1170. The van der Waals surface area contributed by atoms with Gasteiger partial charge in [0, 0.05) is 33.9 Å². The number of nitrogens with zero attached hydrogens (tertiary/aromatic N) is 2. The Morgan fingerprint density at radius 3 is 2.45 bits per heavy atom. The fourth-order valence-electron chi connectivity index (χ4n) is 3.19. The van der Waals surface area contributed by atoms with Gasteiger partial charge in [0.2, 0.25) is 0 Å². The summed E-state index contributed by atoms with van der Waals surface area (Å²) in [5, 5.41) is 0.753. The van der Waals surface area contributed by atoms with Gasteiger partial charge in [-0.3, -0.25) is 9.71 Å². The van der Waals surface area contributed by atoms with E-state index < -0.39 is 17.6 Å². The number of halogens is 4. The van der Waals surface area contributed by atoms with Gasteiger partial charge in [0.15, 0.2) is 0 Å². The van der Waals surface area contributed by atoms with Gasteiger partial charge >= 0.3 is 6.18 Å². The predicted octanol–water partition coefficient (Wildman–Crippen LogP) is 6.08. The highest BCUT2D eigenvalue weighted by Gasteiger charge is 2.30.